The van der Waals surface area contributed by atoms with Crippen molar-refractivity contribution in [2.45, 2.75) is 6.92 Å². The van der Waals surface area contributed by atoms with E-state index in [2.05, 4.69) is 10.2 Å². The molecule has 0 unspecified atom stereocenters. The van der Waals surface area contributed by atoms with Crippen LogP contribution in [0.4, 0.5) is 0 Å². The smallest absolute Gasteiger partial charge is 0.263 e. The third-order valence-corrected chi connectivity index (χ3v) is 5.53. The van der Waals surface area contributed by atoms with Crippen molar-refractivity contribution in [3.8, 4) is 33.9 Å². The maximum Gasteiger partial charge on any atom is 0.263 e. The molecule has 0 fully saturated rings. The minimum atomic E-state index is -0.384. The summed E-state index contributed by atoms with van der Waals surface area (Å²) in [5.74, 6) is 0.0648. The lowest BCUT2D eigenvalue weighted by molar-refractivity contribution is 0.0694. The Kier molecular flexibility index (Phi) is 4.25. The first-order valence-corrected chi connectivity index (χ1v) is 9.90. The Morgan fingerprint density at radius 3 is 2.42 bits per heavy atom. The fourth-order valence-corrected chi connectivity index (χ4v) is 4.03. The van der Waals surface area contributed by atoms with Gasteiger partial charge in [0.1, 0.15) is 17.2 Å². The summed E-state index contributed by atoms with van der Waals surface area (Å²) < 4.78 is 5.52. The van der Waals surface area contributed by atoms with E-state index in [0.717, 1.165) is 16.2 Å². The Labute approximate surface area is 177 Å². The van der Waals surface area contributed by atoms with Crippen molar-refractivity contribution in [3.05, 3.63) is 65.7 Å². The predicted octanol–water partition coefficient (Wildman–Crippen LogP) is 4.23. The monoisotopic (exact) mass is 413 g/mol. The minimum Gasteiger partial charge on any atom is -0.507 e. The molecule has 4 aromatic rings. The Morgan fingerprint density at radius 1 is 1.00 bits per heavy atom. The fourth-order valence-electron chi connectivity index (χ4n) is 4.03. The number of imide groups is 1. The normalized spacial score (nSPS) is 13.2. The van der Waals surface area contributed by atoms with Gasteiger partial charge in [-0.3, -0.25) is 19.6 Å². The van der Waals surface area contributed by atoms with Gasteiger partial charge in [-0.1, -0.05) is 24.3 Å². The van der Waals surface area contributed by atoms with E-state index in [-0.39, 0.29) is 17.6 Å². The zero-order chi connectivity index (χ0) is 21.7. The molecule has 1 aliphatic heterocycles. The molecule has 0 radical (unpaired) electrons. The van der Waals surface area contributed by atoms with Gasteiger partial charge in [-0.2, -0.15) is 5.10 Å². The van der Waals surface area contributed by atoms with Crippen molar-refractivity contribution in [2.24, 2.45) is 0 Å². The first kappa shape index (κ1) is 18.9. The van der Waals surface area contributed by atoms with Crippen LogP contribution in [0.15, 0.2) is 54.6 Å². The molecule has 31 heavy (non-hydrogen) atoms. The number of rotatable bonds is 4. The first-order valence-electron chi connectivity index (χ1n) is 9.90. The highest BCUT2D eigenvalue weighted by Gasteiger charge is 2.38. The number of phenolic OH excluding ortho intramolecular Hbond substituents is 1. The maximum atomic E-state index is 13.0. The fraction of sp³-hybridized carbons (Fsp3) is 0.125. The zero-order valence-corrected chi connectivity index (χ0v) is 17.0. The summed E-state index contributed by atoms with van der Waals surface area (Å²) in [5.41, 5.74) is 3.58. The molecule has 2 amide bonds. The van der Waals surface area contributed by atoms with Crippen molar-refractivity contribution in [3.63, 3.8) is 0 Å². The van der Waals surface area contributed by atoms with E-state index in [9.17, 15) is 14.7 Å². The Morgan fingerprint density at radius 2 is 1.71 bits per heavy atom. The summed E-state index contributed by atoms with van der Waals surface area (Å²) in [6.07, 6.45) is 0. The van der Waals surface area contributed by atoms with Crippen LogP contribution in [-0.4, -0.2) is 45.7 Å². The molecular formula is C24H19N3O4. The van der Waals surface area contributed by atoms with E-state index in [4.69, 9.17) is 4.74 Å². The largest absolute Gasteiger partial charge is 0.507 e. The quantitative estimate of drug-likeness (QED) is 0.488. The third-order valence-electron chi connectivity index (χ3n) is 5.53. The van der Waals surface area contributed by atoms with Gasteiger partial charge in [0.2, 0.25) is 0 Å². The minimum absolute atomic E-state index is 0.0820. The lowest BCUT2D eigenvalue weighted by Crippen LogP contribution is -2.24. The highest BCUT2D eigenvalue weighted by Crippen LogP contribution is 2.41. The molecule has 5 rings (SSSR count). The molecule has 0 bridgehead atoms. The first-order chi connectivity index (χ1) is 15.0. The second kappa shape index (κ2) is 6.98. The molecule has 0 aliphatic carbocycles. The number of H-pyrrole nitrogens is 1. The number of benzene rings is 3. The van der Waals surface area contributed by atoms with Gasteiger partial charge in [0, 0.05) is 18.0 Å². The van der Waals surface area contributed by atoms with E-state index < -0.39 is 0 Å². The number of phenols is 1. The van der Waals surface area contributed by atoms with Crippen molar-refractivity contribution in [1.29, 1.82) is 0 Å². The molecule has 0 saturated heterocycles. The van der Waals surface area contributed by atoms with Crippen LogP contribution in [0.5, 0.6) is 11.5 Å². The Bertz CT molecular complexity index is 1360. The van der Waals surface area contributed by atoms with Gasteiger partial charge >= 0.3 is 0 Å². The topological polar surface area (TPSA) is 95.5 Å². The SMILES string of the molecule is CCOc1ccc(-c2cc3c(-c4ccccc4O)n[nH]c3c3c2C(=O)N(C)C3=O)cc1. The van der Waals surface area contributed by atoms with Gasteiger partial charge in [0.05, 0.1) is 23.3 Å². The van der Waals surface area contributed by atoms with Crippen LogP contribution in [-0.2, 0) is 0 Å². The lowest BCUT2D eigenvalue weighted by Gasteiger charge is -2.10. The van der Waals surface area contributed by atoms with Crippen molar-refractivity contribution >= 4 is 22.7 Å². The number of nitrogens with zero attached hydrogens (tertiary/aromatic N) is 2. The van der Waals surface area contributed by atoms with E-state index in [1.54, 1.807) is 24.3 Å². The van der Waals surface area contributed by atoms with Gasteiger partial charge in [-0.05, 0) is 48.4 Å². The Hall–Kier alpha value is -4.13. The number of ether oxygens (including phenoxy) is 1. The van der Waals surface area contributed by atoms with E-state index in [1.807, 2.05) is 37.3 Å². The third kappa shape index (κ3) is 2.78. The molecule has 2 heterocycles. The number of nitrogens with one attached hydrogen (secondary N) is 1. The van der Waals surface area contributed by atoms with Crippen LogP contribution >= 0.6 is 0 Å². The highest BCUT2D eigenvalue weighted by atomic mass is 16.5. The van der Waals surface area contributed by atoms with Gasteiger partial charge in [0.25, 0.3) is 11.8 Å². The number of para-hydroxylation sites is 1. The second-order valence-corrected chi connectivity index (χ2v) is 7.31. The number of amides is 2. The summed E-state index contributed by atoms with van der Waals surface area (Å²) in [6, 6.07) is 16.1. The molecule has 154 valence electrons. The van der Waals surface area contributed by atoms with Crippen LogP contribution in [0.25, 0.3) is 33.3 Å². The summed E-state index contributed by atoms with van der Waals surface area (Å²) >= 11 is 0. The van der Waals surface area contributed by atoms with Crippen LogP contribution in [0, 0.1) is 0 Å². The van der Waals surface area contributed by atoms with Crippen molar-refractivity contribution in [2.75, 3.05) is 13.7 Å². The number of aromatic amines is 1. The average Bonchev–Trinajstić information content (AvgIpc) is 3.29. The summed E-state index contributed by atoms with van der Waals surface area (Å²) in [4.78, 5) is 27.0. The number of hydrogen-bond acceptors (Lipinski definition) is 5. The van der Waals surface area contributed by atoms with Crippen LogP contribution in [0.1, 0.15) is 27.6 Å². The lowest BCUT2D eigenvalue weighted by atomic mass is 9.92. The average molecular weight is 413 g/mol. The molecule has 3 aromatic carbocycles. The predicted molar refractivity (Wildman–Crippen MR) is 116 cm³/mol. The Balaban J connectivity index is 1.81. The molecule has 0 saturated carbocycles. The van der Waals surface area contributed by atoms with Crippen molar-refractivity contribution in [1.82, 2.24) is 15.1 Å². The standard InChI is InChI=1S/C24H19N3O4/c1-3-31-14-10-8-13(9-11-14)16-12-17-21(15-6-4-5-7-18(15)28)25-26-22(17)20-19(16)23(29)27(2)24(20)30/h4-12,28H,3H2,1-2H3,(H,25,26). The molecule has 0 spiro atoms. The van der Waals surface area contributed by atoms with Crippen molar-refractivity contribution < 1.29 is 19.4 Å². The number of fused-ring (bicyclic) bond motifs is 3. The number of hydrogen-bond donors (Lipinski definition) is 2. The van der Waals surface area contributed by atoms with Crippen LogP contribution < -0.4 is 4.74 Å². The summed E-state index contributed by atoms with van der Waals surface area (Å²) in [7, 11) is 1.47. The second-order valence-electron chi connectivity index (χ2n) is 7.31. The van der Waals surface area contributed by atoms with Crippen LogP contribution in [0.2, 0.25) is 0 Å². The van der Waals surface area contributed by atoms with Gasteiger partial charge in [-0.25, -0.2) is 0 Å². The van der Waals surface area contributed by atoms with Gasteiger partial charge in [0.15, 0.2) is 0 Å². The van der Waals surface area contributed by atoms with E-state index in [0.29, 0.717) is 45.5 Å². The molecule has 7 heteroatoms. The number of aromatic nitrogens is 2. The highest BCUT2D eigenvalue weighted by molar-refractivity contribution is 6.29. The molecule has 1 aliphatic rings. The molecule has 7 nitrogen and oxygen atoms in total. The zero-order valence-electron chi connectivity index (χ0n) is 17.0. The molecule has 0 atom stereocenters. The molecule has 1 aromatic heterocycles. The number of carbonyl (C=O) groups is 2. The van der Waals surface area contributed by atoms with E-state index in [1.165, 1.54) is 7.05 Å². The van der Waals surface area contributed by atoms with Crippen LogP contribution in [0.3, 0.4) is 0 Å². The van der Waals surface area contributed by atoms with Gasteiger partial charge < -0.3 is 9.84 Å². The van der Waals surface area contributed by atoms with E-state index >= 15 is 0 Å². The number of aromatic hydroxyl groups is 1. The summed E-state index contributed by atoms with van der Waals surface area (Å²) in [6.45, 7) is 2.46. The number of carbonyl (C=O) groups excluding carboxylic acids is 2. The molecular weight excluding hydrogens is 394 g/mol. The molecule has 2 N–H and O–H groups in total. The maximum absolute atomic E-state index is 13.0. The summed E-state index contributed by atoms with van der Waals surface area (Å²) in [5, 5.41) is 18.3. The van der Waals surface area contributed by atoms with Gasteiger partial charge in [-0.15, -0.1) is 0 Å².